The number of fused-ring (bicyclic) bond motifs is 2. The molecule has 2 aliphatic heterocycles. The first kappa shape index (κ1) is 15.6. The molecule has 1 N–H and O–H groups in total. The summed E-state index contributed by atoms with van der Waals surface area (Å²) in [7, 11) is 2.04. The van der Waals surface area contributed by atoms with Gasteiger partial charge in [0.2, 0.25) is 0 Å². The minimum atomic E-state index is -0.216. The third-order valence-electron chi connectivity index (χ3n) is 5.08. The maximum Gasteiger partial charge on any atom is 0.106 e. The molecule has 2 aromatic heterocycles. The van der Waals surface area contributed by atoms with Crippen molar-refractivity contribution in [3.63, 3.8) is 0 Å². The van der Waals surface area contributed by atoms with Crippen molar-refractivity contribution in [3.05, 3.63) is 38.6 Å². The lowest BCUT2D eigenvalue weighted by atomic mass is 9.79. The Labute approximate surface area is 145 Å². The molecule has 0 aromatic carbocycles. The van der Waals surface area contributed by atoms with Crippen molar-refractivity contribution in [2.75, 3.05) is 6.61 Å². The number of piperidine rings is 1. The van der Waals surface area contributed by atoms with Gasteiger partial charge >= 0.3 is 0 Å². The molecule has 1 spiro atoms. The summed E-state index contributed by atoms with van der Waals surface area (Å²) in [6, 6.07) is 2.71. The lowest BCUT2D eigenvalue weighted by Crippen LogP contribution is -2.49. The number of halogens is 1. The van der Waals surface area contributed by atoms with Crippen LogP contribution in [-0.2, 0) is 23.8 Å². The molecule has 4 rings (SSSR count). The number of aryl methyl sites for hydroxylation is 2. The molecule has 0 aliphatic carbocycles. The summed E-state index contributed by atoms with van der Waals surface area (Å²) >= 11 is 7.99. The average Bonchev–Trinajstić information content (AvgIpc) is 3.02. The van der Waals surface area contributed by atoms with Crippen LogP contribution in [0.25, 0.3) is 0 Å². The highest BCUT2D eigenvalue weighted by Gasteiger charge is 2.46. The highest BCUT2D eigenvalue weighted by molar-refractivity contribution is 7.16. The second kappa shape index (κ2) is 5.59. The van der Waals surface area contributed by atoms with E-state index in [-0.39, 0.29) is 11.6 Å². The summed E-state index contributed by atoms with van der Waals surface area (Å²) < 4.78 is 9.34. The van der Waals surface area contributed by atoms with Crippen LogP contribution in [0.2, 0.25) is 4.34 Å². The zero-order valence-corrected chi connectivity index (χ0v) is 15.3. The summed E-state index contributed by atoms with van der Waals surface area (Å²) in [5, 5.41) is 3.70. The van der Waals surface area contributed by atoms with Gasteiger partial charge in [-0.25, -0.2) is 4.98 Å². The monoisotopic (exact) mass is 351 g/mol. The Hall–Kier alpha value is -0.880. The van der Waals surface area contributed by atoms with Gasteiger partial charge in [0.05, 0.1) is 22.7 Å². The van der Waals surface area contributed by atoms with Gasteiger partial charge < -0.3 is 14.6 Å². The maximum atomic E-state index is 6.38. The van der Waals surface area contributed by atoms with Gasteiger partial charge in [-0.3, -0.25) is 0 Å². The number of hydrogen-bond acceptors (Lipinski definition) is 4. The second-order valence-corrected chi connectivity index (χ2v) is 8.53. The van der Waals surface area contributed by atoms with Crippen molar-refractivity contribution >= 4 is 22.9 Å². The molecule has 2 aliphatic rings. The molecule has 1 saturated heterocycles. The van der Waals surface area contributed by atoms with E-state index in [1.54, 1.807) is 11.3 Å². The van der Waals surface area contributed by atoms with E-state index in [1.807, 2.05) is 14.0 Å². The number of ether oxygens (including phenoxy) is 1. The Morgan fingerprint density at radius 2 is 2.30 bits per heavy atom. The van der Waals surface area contributed by atoms with Gasteiger partial charge in [0.25, 0.3) is 0 Å². The van der Waals surface area contributed by atoms with Gasteiger partial charge in [0.1, 0.15) is 11.4 Å². The van der Waals surface area contributed by atoms with Crippen LogP contribution >= 0.6 is 22.9 Å². The fraction of sp³-hybridized carbons (Fsp3) is 0.588. The number of imidazole rings is 1. The van der Waals surface area contributed by atoms with Crippen LogP contribution < -0.4 is 5.32 Å². The van der Waals surface area contributed by atoms with Crippen LogP contribution in [0.1, 0.15) is 47.8 Å². The summed E-state index contributed by atoms with van der Waals surface area (Å²) in [6.07, 6.45) is 5.00. The van der Waals surface area contributed by atoms with Crippen LogP contribution in [0.4, 0.5) is 0 Å². The number of nitrogens with zero attached hydrogens (tertiary/aromatic N) is 2. The molecule has 0 radical (unpaired) electrons. The van der Waals surface area contributed by atoms with E-state index in [9.17, 15) is 0 Å². The third-order valence-corrected chi connectivity index (χ3v) is 6.57. The number of rotatable bonds is 1. The van der Waals surface area contributed by atoms with Crippen LogP contribution in [0.15, 0.2) is 12.3 Å². The molecule has 4 nitrogen and oxygen atoms in total. The van der Waals surface area contributed by atoms with E-state index >= 15 is 0 Å². The summed E-state index contributed by atoms with van der Waals surface area (Å²) in [5.74, 6) is 1.04. The Morgan fingerprint density at radius 3 is 3.04 bits per heavy atom. The van der Waals surface area contributed by atoms with Crippen molar-refractivity contribution in [2.24, 2.45) is 7.05 Å². The molecule has 23 heavy (non-hydrogen) atoms. The van der Waals surface area contributed by atoms with Gasteiger partial charge in [0, 0.05) is 30.6 Å². The van der Waals surface area contributed by atoms with Crippen molar-refractivity contribution < 1.29 is 4.74 Å². The quantitative estimate of drug-likeness (QED) is 0.851. The molecule has 3 atom stereocenters. The molecule has 3 unspecified atom stereocenters. The van der Waals surface area contributed by atoms with Gasteiger partial charge in [-0.1, -0.05) is 11.6 Å². The average molecular weight is 352 g/mol. The molecule has 2 aromatic rings. The Kier molecular flexibility index (Phi) is 3.80. The van der Waals surface area contributed by atoms with Gasteiger partial charge in [-0.15, -0.1) is 11.3 Å². The largest absolute Gasteiger partial charge is 0.369 e. The van der Waals surface area contributed by atoms with E-state index in [1.165, 1.54) is 10.4 Å². The number of hydrogen-bond donors (Lipinski definition) is 1. The van der Waals surface area contributed by atoms with Crippen LogP contribution in [-0.4, -0.2) is 22.2 Å². The number of thiophene rings is 1. The molecule has 0 bridgehead atoms. The zero-order chi connectivity index (χ0) is 16.2. The molecule has 0 amide bonds. The van der Waals surface area contributed by atoms with Crippen molar-refractivity contribution in [3.8, 4) is 0 Å². The minimum absolute atomic E-state index is 0.213. The Morgan fingerprint density at radius 1 is 1.48 bits per heavy atom. The van der Waals surface area contributed by atoms with E-state index in [2.05, 4.69) is 29.1 Å². The molecule has 124 valence electrons. The Balaban J connectivity index is 1.72. The summed E-state index contributed by atoms with van der Waals surface area (Å²) in [4.78, 5) is 6.06. The van der Waals surface area contributed by atoms with Crippen molar-refractivity contribution in [2.45, 2.75) is 50.8 Å². The normalized spacial score (nSPS) is 30.6. The van der Waals surface area contributed by atoms with Gasteiger partial charge in [-0.2, -0.15) is 0 Å². The standard InChI is InChI=1S/C17H22ClN3OS/c1-10-7-17(16-12(4-5-22-17)6-15(18)23-16)8-13(19-10)14-9-21(3)11(2)20-14/h6,9-10,13,19H,4-5,7-8H2,1-3H3. The number of aromatic nitrogens is 2. The zero-order valence-electron chi connectivity index (χ0n) is 13.7. The van der Waals surface area contributed by atoms with Gasteiger partial charge in [-0.05, 0) is 38.3 Å². The first-order valence-corrected chi connectivity index (χ1v) is 9.35. The van der Waals surface area contributed by atoms with Crippen molar-refractivity contribution in [1.82, 2.24) is 14.9 Å². The van der Waals surface area contributed by atoms with Crippen molar-refractivity contribution in [1.29, 1.82) is 0 Å². The first-order valence-electron chi connectivity index (χ1n) is 8.15. The summed E-state index contributed by atoms with van der Waals surface area (Å²) in [6.45, 7) is 5.05. The lowest BCUT2D eigenvalue weighted by Gasteiger charge is -2.45. The fourth-order valence-electron chi connectivity index (χ4n) is 4.00. The van der Waals surface area contributed by atoms with Crippen LogP contribution in [0, 0.1) is 6.92 Å². The Bertz CT molecular complexity index is 721. The first-order chi connectivity index (χ1) is 11.0. The molecular weight excluding hydrogens is 330 g/mol. The van der Waals surface area contributed by atoms with Gasteiger partial charge in [0.15, 0.2) is 0 Å². The fourth-order valence-corrected chi connectivity index (χ4v) is 5.47. The summed E-state index contributed by atoms with van der Waals surface area (Å²) in [5.41, 5.74) is 2.26. The smallest absolute Gasteiger partial charge is 0.106 e. The van der Waals surface area contributed by atoms with E-state index < -0.39 is 0 Å². The SMILES string of the molecule is Cc1nc(C2CC3(CC(C)N2)OCCc2cc(Cl)sc23)cn1C. The highest BCUT2D eigenvalue weighted by Crippen LogP contribution is 2.49. The van der Waals surface area contributed by atoms with Crippen LogP contribution in [0.5, 0.6) is 0 Å². The topological polar surface area (TPSA) is 39.1 Å². The van der Waals surface area contributed by atoms with Crippen LogP contribution in [0.3, 0.4) is 0 Å². The maximum absolute atomic E-state index is 6.38. The highest BCUT2D eigenvalue weighted by atomic mass is 35.5. The lowest BCUT2D eigenvalue weighted by molar-refractivity contribution is -0.0957. The predicted molar refractivity (Wildman–Crippen MR) is 93.2 cm³/mol. The van der Waals surface area contributed by atoms with E-state index in [0.717, 1.165) is 41.7 Å². The molecular formula is C17H22ClN3OS. The van der Waals surface area contributed by atoms with E-state index in [0.29, 0.717) is 6.04 Å². The molecule has 4 heterocycles. The molecule has 1 fully saturated rings. The number of nitrogens with one attached hydrogen (secondary N) is 1. The molecule has 6 heteroatoms. The predicted octanol–water partition coefficient (Wildman–Crippen LogP) is 3.72. The van der Waals surface area contributed by atoms with E-state index in [4.69, 9.17) is 21.3 Å². The molecule has 0 saturated carbocycles. The minimum Gasteiger partial charge on any atom is -0.369 e. The third kappa shape index (κ3) is 2.64. The second-order valence-electron chi connectivity index (χ2n) is 6.85.